The van der Waals surface area contributed by atoms with Gasteiger partial charge in [0.15, 0.2) is 0 Å². The van der Waals surface area contributed by atoms with Crippen LogP contribution in [-0.2, 0) is 9.53 Å². The molecule has 1 aromatic rings. The number of carbonyl (C=O) groups excluding carboxylic acids is 1. The van der Waals surface area contributed by atoms with Crippen LogP contribution in [-0.4, -0.2) is 26.2 Å². The van der Waals surface area contributed by atoms with Crippen molar-refractivity contribution in [3.05, 3.63) is 24.3 Å². The van der Waals surface area contributed by atoms with Crippen molar-refractivity contribution in [3.8, 4) is 0 Å². The van der Waals surface area contributed by atoms with Gasteiger partial charge in [-0.3, -0.25) is 4.79 Å². The zero-order valence-electron chi connectivity index (χ0n) is 12.0. The molecule has 0 heterocycles. The molecule has 0 aliphatic rings. The van der Waals surface area contributed by atoms with Crippen LogP contribution in [0.3, 0.4) is 0 Å². The van der Waals surface area contributed by atoms with E-state index in [1.165, 1.54) is 20.0 Å². The van der Waals surface area contributed by atoms with Crippen LogP contribution >= 0.6 is 0 Å². The zero-order valence-corrected chi connectivity index (χ0v) is 12.0. The van der Waals surface area contributed by atoms with Gasteiger partial charge < -0.3 is 15.4 Å². The zero-order chi connectivity index (χ0) is 14.1. The molecule has 0 radical (unpaired) electrons. The minimum Gasteiger partial charge on any atom is -0.385 e. The van der Waals surface area contributed by atoms with E-state index < -0.39 is 0 Å². The lowest BCUT2D eigenvalue weighted by Crippen LogP contribution is -2.17. The number of methoxy groups -OCH3 is 1. The highest BCUT2D eigenvalue weighted by molar-refractivity contribution is 5.91. The van der Waals surface area contributed by atoms with Crippen molar-refractivity contribution in [2.75, 3.05) is 30.9 Å². The van der Waals surface area contributed by atoms with E-state index in [0.717, 1.165) is 17.9 Å². The van der Waals surface area contributed by atoms with E-state index in [1.807, 2.05) is 24.3 Å². The molecule has 0 aliphatic heterocycles. The van der Waals surface area contributed by atoms with Crippen molar-refractivity contribution < 1.29 is 9.53 Å². The summed E-state index contributed by atoms with van der Waals surface area (Å²) in [6.07, 6.45) is 2.45. The molecule has 0 saturated heterocycles. The minimum atomic E-state index is -0.139. The molecule has 0 fully saturated rings. The first kappa shape index (κ1) is 15.5. The normalized spacial score (nSPS) is 11.9. The van der Waals surface area contributed by atoms with Crippen molar-refractivity contribution in [2.24, 2.45) is 5.92 Å². The molecule has 4 heteroatoms. The second kappa shape index (κ2) is 8.53. The number of hydrogen-bond acceptors (Lipinski definition) is 3. The van der Waals surface area contributed by atoms with E-state index in [1.54, 1.807) is 0 Å². The maximum absolute atomic E-state index is 11.3. The number of rotatable bonds is 8. The van der Waals surface area contributed by atoms with Crippen LogP contribution in [0.2, 0.25) is 0 Å². The molecule has 0 aromatic heterocycles. The number of amides is 1. The fourth-order valence-corrected chi connectivity index (χ4v) is 1.89. The predicted octanol–water partition coefficient (Wildman–Crippen LogP) is 3.12. The summed E-state index contributed by atoms with van der Waals surface area (Å²) in [5, 5.41) is 6.16. The highest BCUT2D eigenvalue weighted by Gasteiger charge is 2.02. The lowest BCUT2D eigenvalue weighted by atomic mass is 10.1. The first-order chi connectivity index (χ1) is 9.15. The lowest BCUT2D eigenvalue weighted by Gasteiger charge is -2.13. The van der Waals surface area contributed by atoms with Gasteiger partial charge in [0, 0.05) is 25.0 Å². The van der Waals surface area contributed by atoms with Gasteiger partial charge in [0.05, 0.1) is 0 Å². The predicted molar refractivity (Wildman–Crippen MR) is 79.5 cm³/mol. The molecule has 4 nitrogen and oxygen atoms in total. The maximum atomic E-state index is 11.3. The van der Waals surface area contributed by atoms with Crippen molar-refractivity contribution in [2.45, 2.75) is 26.7 Å². The van der Waals surface area contributed by atoms with E-state index in [4.69, 9.17) is 4.74 Å². The molecule has 0 spiro atoms. The van der Waals surface area contributed by atoms with E-state index in [2.05, 4.69) is 24.5 Å². The van der Waals surface area contributed by atoms with Crippen LogP contribution in [0.1, 0.15) is 26.7 Å². The van der Waals surface area contributed by atoms with Gasteiger partial charge in [-0.25, -0.2) is 0 Å². The maximum Gasteiger partial charge on any atom is 0.250 e. The molecule has 1 unspecified atom stereocenters. The molecular weight excluding hydrogens is 240 g/mol. The van der Waals surface area contributed by atoms with Gasteiger partial charge in [-0.2, -0.15) is 0 Å². The Morgan fingerprint density at radius 1 is 1.26 bits per heavy atom. The number of benzene rings is 1. The van der Waals surface area contributed by atoms with E-state index >= 15 is 0 Å². The van der Waals surface area contributed by atoms with Crippen molar-refractivity contribution in [1.82, 2.24) is 0 Å². The average Bonchev–Trinajstić information content (AvgIpc) is 2.38. The Kier molecular flexibility index (Phi) is 6.97. The summed E-state index contributed by atoms with van der Waals surface area (Å²) in [5.41, 5.74) is 1.86. The van der Waals surface area contributed by atoms with Crippen molar-refractivity contribution >= 4 is 17.3 Å². The number of anilines is 2. The number of hydrogen-bond donors (Lipinski definition) is 2. The third-order valence-electron chi connectivity index (χ3n) is 2.88. The van der Waals surface area contributed by atoms with Gasteiger partial charge in [-0.1, -0.05) is 20.3 Å². The Morgan fingerprint density at radius 2 is 1.89 bits per heavy atom. The molecule has 1 rings (SSSR count). The molecule has 0 aliphatic carbocycles. The Balaban J connectivity index is 2.41. The SMILES string of the molecule is CCCC(C)CNc1ccc(NC(=O)COC)cc1. The fourth-order valence-electron chi connectivity index (χ4n) is 1.89. The topological polar surface area (TPSA) is 50.4 Å². The van der Waals surface area contributed by atoms with Gasteiger partial charge >= 0.3 is 0 Å². The van der Waals surface area contributed by atoms with Gasteiger partial charge in [-0.15, -0.1) is 0 Å². The van der Waals surface area contributed by atoms with E-state index in [0.29, 0.717) is 5.92 Å². The highest BCUT2D eigenvalue weighted by atomic mass is 16.5. The van der Waals surface area contributed by atoms with Crippen LogP contribution in [0.4, 0.5) is 11.4 Å². The van der Waals surface area contributed by atoms with Crippen LogP contribution in [0.5, 0.6) is 0 Å². The molecule has 0 saturated carbocycles. The Hall–Kier alpha value is -1.55. The monoisotopic (exact) mass is 264 g/mol. The fraction of sp³-hybridized carbons (Fsp3) is 0.533. The number of ether oxygens (including phenoxy) is 1. The smallest absolute Gasteiger partial charge is 0.250 e. The molecular formula is C15H24N2O2. The summed E-state index contributed by atoms with van der Waals surface area (Å²) in [5.74, 6) is 0.533. The van der Waals surface area contributed by atoms with Gasteiger partial charge in [0.1, 0.15) is 6.61 Å². The van der Waals surface area contributed by atoms with Crippen LogP contribution in [0, 0.1) is 5.92 Å². The first-order valence-corrected chi connectivity index (χ1v) is 6.78. The quantitative estimate of drug-likeness (QED) is 0.758. The molecule has 1 amide bonds. The number of nitrogens with one attached hydrogen (secondary N) is 2. The summed E-state index contributed by atoms with van der Waals surface area (Å²) < 4.78 is 4.76. The van der Waals surface area contributed by atoms with Crippen LogP contribution < -0.4 is 10.6 Å². The Bertz CT molecular complexity index is 376. The van der Waals surface area contributed by atoms with Crippen LogP contribution in [0.15, 0.2) is 24.3 Å². The van der Waals surface area contributed by atoms with Gasteiger partial charge in [0.2, 0.25) is 5.91 Å². The molecule has 1 aromatic carbocycles. The summed E-state index contributed by atoms with van der Waals surface area (Å²) in [6, 6.07) is 7.73. The highest BCUT2D eigenvalue weighted by Crippen LogP contribution is 2.14. The summed E-state index contributed by atoms with van der Waals surface area (Å²) in [4.78, 5) is 11.3. The standard InChI is InChI=1S/C15H24N2O2/c1-4-5-12(2)10-16-13-6-8-14(9-7-13)17-15(18)11-19-3/h6-9,12,16H,4-5,10-11H2,1-3H3,(H,17,18). The third-order valence-corrected chi connectivity index (χ3v) is 2.88. The van der Waals surface area contributed by atoms with Crippen molar-refractivity contribution in [3.63, 3.8) is 0 Å². The molecule has 19 heavy (non-hydrogen) atoms. The average molecular weight is 264 g/mol. The minimum absolute atomic E-state index is 0.0779. The largest absolute Gasteiger partial charge is 0.385 e. The molecule has 0 bridgehead atoms. The van der Waals surface area contributed by atoms with Gasteiger partial charge in [-0.05, 0) is 36.6 Å². The third kappa shape index (κ3) is 6.25. The Labute approximate surface area is 115 Å². The number of carbonyl (C=O) groups is 1. The second-order valence-electron chi connectivity index (χ2n) is 4.83. The van der Waals surface area contributed by atoms with Crippen molar-refractivity contribution in [1.29, 1.82) is 0 Å². The molecule has 2 N–H and O–H groups in total. The molecule has 106 valence electrons. The van der Waals surface area contributed by atoms with Gasteiger partial charge in [0.25, 0.3) is 0 Å². The van der Waals surface area contributed by atoms with E-state index in [-0.39, 0.29) is 12.5 Å². The van der Waals surface area contributed by atoms with Crippen LogP contribution in [0.25, 0.3) is 0 Å². The summed E-state index contributed by atoms with van der Waals surface area (Å²) in [7, 11) is 1.50. The second-order valence-corrected chi connectivity index (χ2v) is 4.83. The first-order valence-electron chi connectivity index (χ1n) is 6.78. The summed E-state index contributed by atoms with van der Waals surface area (Å²) >= 11 is 0. The van der Waals surface area contributed by atoms with E-state index in [9.17, 15) is 4.79 Å². The summed E-state index contributed by atoms with van der Waals surface area (Å²) in [6.45, 7) is 5.50. The lowest BCUT2D eigenvalue weighted by molar-refractivity contribution is -0.119. The Morgan fingerprint density at radius 3 is 2.47 bits per heavy atom. The molecule has 1 atom stereocenters.